The van der Waals surface area contributed by atoms with Crippen LogP contribution in [0.25, 0.3) is 0 Å². The molecular weight excluding hydrogens is 446 g/mol. The first-order valence-corrected chi connectivity index (χ1v) is 11.7. The minimum atomic E-state index is -1.04. The predicted molar refractivity (Wildman–Crippen MR) is 121 cm³/mol. The second kappa shape index (κ2) is 10.3. The monoisotopic (exact) mass is 473 g/mol. The summed E-state index contributed by atoms with van der Waals surface area (Å²) in [6.07, 6.45) is -0.243. The van der Waals surface area contributed by atoms with Crippen molar-refractivity contribution < 1.29 is 29.0 Å². The predicted octanol–water partition coefficient (Wildman–Crippen LogP) is 1.83. The largest absolute Gasteiger partial charge is 0.488 e. The zero-order chi connectivity index (χ0) is 23.4. The summed E-state index contributed by atoms with van der Waals surface area (Å²) in [4.78, 5) is 40.3. The lowest BCUT2D eigenvalue weighted by molar-refractivity contribution is -0.137. The molecule has 0 bridgehead atoms. The summed E-state index contributed by atoms with van der Waals surface area (Å²) in [5.41, 5.74) is 7.97. The molecule has 2 aromatic rings. The van der Waals surface area contributed by atoms with Crippen LogP contribution in [0.5, 0.6) is 5.75 Å². The van der Waals surface area contributed by atoms with Crippen molar-refractivity contribution in [2.24, 2.45) is 5.73 Å². The highest BCUT2D eigenvalue weighted by atomic mass is 32.1. The Bertz CT molecular complexity index is 1030. The molecule has 3 heterocycles. The van der Waals surface area contributed by atoms with Crippen LogP contribution in [0.3, 0.4) is 0 Å². The Kier molecular flexibility index (Phi) is 7.26. The van der Waals surface area contributed by atoms with E-state index < -0.39 is 17.9 Å². The molecule has 0 aliphatic carbocycles. The third-order valence-corrected chi connectivity index (χ3v) is 6.92. The molecule has 0 radical (unpaired) electrons. The van der Waals surface area contributed by atoms with Gasteiger partial charge in [-0.25, -0.2) is 0 Å². The fourth-order valence-electron chi connectivity index (χ4n) is 4.16. The number of carboxylic acids is 1. The molecule has 2 aliphatic rings. The van der Waals surface area contributed by atoms with Crippen molar-refractivity contribution in [3.63, 3.8) is 0 Å². The number of nitrogens with two attached hydrogens (primary N) is 1. The molecule has 1 atom stereocenters. The molecule has 3 N–H and O–H groups in total. The number of thiophene rings is 1. The average molecular weight is 474 g/mol. The molecule has 1 unspecified atom stereocenters. The van der Waals surface area contributed by atoms with Gasteiger partial charge in [-0.15, -0.1) is 11.3 Å². The van der Waals surface area contributed by atoms with Gasteiger partial charge >= 0.3 is 5.97 Å². The summed E-state index contributed by atoms with van der Waals surface area (Å²) in [7, 11) is 0. The van der Waals surface area contributed by atoms with Gasteiger partial charge in [-0.1, -0.05) is 12.1 Å². The Morgan fingerprint density at radius 1 is 1.27 bits per heavy atom. The van der Waals surface area contributed by atoms with Crippen LogP contribution in [0, 0.1) is 0 Å². The van der Waals surface area contributed by atoms with Gasteiger partial charge in [-0.3, -0.25) is 19.3 Å². The lowest BCUT2D eigenvalue weighted by atomic mass is 10.1. The summed E-state index contributed by atoms with van der Waals surface area (Å²) in [6.45, 7) is 4.69. The fraction of sp³-hybridized carbons (Fsp3) is 0.435. The smallest absolute Gasteiger partial charge is 0.303 e. The standard InChI is InChI=1S/C23H27N3O6S/c24-22(29)19(4-5-21(27)28)26-12-17-18(23(26)30)14-33-20(17)13-32-16-3-1-2-15(10-16)11-25-6-8-31-9-7-25/h1-3,10,14,19H,4-9,11-13H2,(H2,24,29)(H,27,28). The van der Waals surface area contributed by atoms with Crippen LogP contribution in [0.15, 0.2) is 29.6 Å². The summed E-state index contributed by atoms with van der Waals surface area (Å²) in [5, 5.41) is 10.7. The summed E-state index contributed by atoms with van der Waals surface area (Å²) < 4.78 is 11.4. The molecule has 1 aromatic carbocycles. The molecule has 0 spiro atoms. The van der Waals surface area contributed by atoms with E-state index in [2.05, 4.69) is 11.0 Å². The van der Waals surface area contributed by atoms with Crippen molar-refractivity contribution >= 4 is 29.1 Å². The van der Waals surface area contributed by atoms with Crippen LogP contribution in [0.4, 0.5) is 0 Å². The number of benzene rings is 1. The lowest BCUT2D eigenvalue weighted by Gasteiger charge is -2.26. The number of ether oxygens (including phenoxy) is 2. The highest BCUT2D eigenvalue weighted by molar-refractivity contribution is 7.10. The number of aliphatic carboxylic acids is 1. The molecule has 4 rings (SSSR count). The first kappa shape index (κ1) is 23.2. The molecule has 9 nitrogen and oxygen atoms in total. The third kappa shape index (κ3) is 5.52. The SMILES string of the molecule is NC(=O)C(CCC(=O)O)N1Cc2c(csc2COc2cccc(CN3CCOCC3)c2)C1=O. The number of amides is 2. The first-order valence-electron chi connectivity index (χ1n) is 10.9. The zero-order valence-corrected chi connectivity index (χ0v) is 19.0. The van der Waals surface area contributed by atoms with Gasteiger partial charge in [0, 0.05) is 48.4 Å². The molecule has 176 valence electrons. The number of nitrogens with zero attached hydrogens (tertiary/aromatic N) is 2. The molecule has 10 heteroatoms. The molecule has 0 saturated carbocycles. The van der Waals surface area contributed by atoms with Crippen molar-refractivity contribution in [3.8, 4) is 5.75 Å². The van der Waals surface area contributed by atoms with Crippen molar-refractivity contribution in [2.45, 2.75) is 38.6 Å². The van der Waals surface area contributed by atoms with Crippen molar-refractivity contribution in [1.82, 2.24) is 9.80 Å². The first-order chi connectivity index (χ1) is 15.9. The zero-order valence-electron chi connectivity index (χ0n) is 18.2. The second-order valence-corrected chi connectivity index (χ2v) is 9.12. The number of morpholine rings is 1. The highest BCUT2D eigenvalue weighted by Gasteiger charge is 2.37. The lowest BCUT2D eigenvalue weighted by Crippen LogP contribution is -2.45. The van der Waals surface area contributed by atoms with Crippen molar-refractivity contribution in [3.05, 3.63) is 51.2 Å². The average Bonchev–Trinajstić information content (AvgIpc) is 3.33. The number of rotatable bonds is 10. The maximum absolute atomic E-state index is 12.8. The van der Waals surface area contributed by atoms with Crippen molar-refractivity contribution in [1.29, 1.82) is 0 Å². The van der Waals surface area contributed by atoms with E-state index in [9.17, 15) is 14.4 Å². The number of hydrogen-bond acceptors (Lipinski definition) is 7. The normalized spacial score (nSPS) is 17.1. The van der Waals surface area contributed by atoms with Gasteiger partial charge in [0.1, 0.15) is 18.4 Å². The number of carbonyl (C=O) groups excluding carboxylic acids is 2. The van der Waals surface area contributed by atoms with Crippen LogP contribution in [0.1, 0.15) is 39.2 Å². The molecule has 1 saturated heterocycles. The maximum atomic E-state index is 12.8. The van der Waals surface area contributed by atoms with Crippen LogP contribution >= 0.6 is 11.3 Å². The number of primary amides is 1. The number of carboxylic acid groups (broad SMARTS) is 1. The van der Waals surface area contributed by atoms with Gasteiger partial charge in [0.15, 0.2) is 0 Å². The van der Waals surface area contributed by atoms with E-state index in [4.69, 9.17) is 20.3 Å². The number of carbonyl (C=O) groups is 3. The Balaban J connectivity index is 1.40. The molecule has 1 aromatic heterocycles. The van der Waals surface area contributed by atoms with Crippen molar-refractivity contribution in [2.75, 3.05) is 26.3 Å². The maximum Gasteiger partial charge on any atom is 0.303 e. The van der Waals surface area contributed by atoms with E-state index in [-0.39, 0.29) is 25.3 Å². The Hall–Kier alpha value is -2.95. The van der Waals surface area contributed by atoms with Crippen LogP contribution in [-0.2, 0) is 34.0 Å². The van der Waals surface area contributed by atoms with Gasteiger partial charge in [0.25, 0.3) is 5.91 Å². The quantitative estimate of drug-likeness (QED) is 0.540. The van der Waals surface area contributed by atoms with E-state index in [1.807, 2.05) is 18.2 Å². The van der Waals surface area contributed by atoms with E-state index >= 15 is 0 Å². The molecular formula is C23H27N3O6S. The molecule has 2 amide bonds. The topological polar surface area (TPSA) is 122 Å². The Morgan fingerprint density at radius 2 is 2.06 bits per heavy atom. The summed E-state index contributed by atoms with van der Waals surface area (Å²) >= 11 is 1.44. The Morgan fingerprint density at radius 3 is 2.79 bits per heavy atom. The minimum Gasteiger partial charge on any atom is -0.488 e. The molecule has 33 heavy (non-hydrogen) atoms. The van der Waals surface area contributed by atoms with Crippen LogP contribution in [0.2, 0.25) is 0 Å². The van der Waals surface area contributed by atoms with Gasteiger partial charge in [-0.05, 0) is 24.1 Å². The van der Waals surface area contributed by atoms with Gasteiger partial charge in [0.2, 0.25) is 5.91 Å². The number of hydrogen-bond donors (Lipinski definition) is 2. The van der Waals surface area contributed by atoms with Gasteiger partial charge in [0.05, 0.1) is 18.8 Å². The van der Waals surface area contributed by atoms with Crippen LogP contribution in [-0.4, -0.2) is 65.0 Å². The Labute approximate surface area is 195 Å². The third-order valence-electron chi connectivity index (χ3n) is 5.92. The molecule has 1 fully saturated rings. The highest BCUT2D eigenvalue weighted by Crippen LogP contribution is 2.34. The van der Waals surface area contributed by atoms with Crippen LogP contribution < -0.4 is 10.5 Å². The van der Waals surface area contributed by atoms with E-state index in [0.29, 0.717) is 12.2 Å². The summed E-state index contributed by atoms with van der Waals surface area (Å²) in [5.74, 6) is -1.28. The number of fused-ring (bicyclic) bond motifs is 1. The molecule has 2 aliphatic heterocycles. The fourth-order valence-corrected chi connectivity index (χ4v) is 5.10. The van der Waals surface area contributed by atoms with Gasteiger partial charge in [-0.2, -0.15) is 0 Å². The van der Waals surface area contributed by atoms with E-state index in [1.54, 1.807) is 5.38 Å². The second-order valence-electron chi connectivity index (χ2n) is 8.16. The van der Waals surface area contributed by atoms with E-state index in [0.717, 1.165) is 54.6 Å². The minimum absolute atomic E-state index is 0.00806. The van der Waals surface area contributed by atoms with E-state index in [1.165, 1.54) is 16.2 Å². The van der Waals surface area contributed by atoms with Gasteiger partial charge < -0.3 is 25.2 Å². The summed E-state index contributed by atoms with van der Waals surface area (Å²) in [6, 6.07) is 7.02.